The summed E-state index contributed by atoms with van der Waals surface area (Å²) in [6, 6.07) is 26.0. The molecule has 0 fully saturated rings. The Balaban J connectivity index is 0.000000221. The maximum Gasteiger partial charge on any atom is 0.212 e. The number of pyridine rings is 1. The summed E-state index contributed by atoms with van der Waals surface area (Å²) in [6.07, 6.45) is 3.89. The van der Waals surface area contributed by atoms with E-state index in [2.05, 4.69) is 32.7 Å². The Labute approximate surface area is 203 Å². The summed E-state index contributed by atoms with van der Waals surface area (Å²) < 4.78 is 33.2. The zero-order valence-electron chi connectivity index (χ0n) is 19.1. The number of nitrogens with zero attached hydrogens (tertiary/aromatic N) is 3. The number of hydrogen-bond acceptors (Lipinski definition) is 5. The number of benzene rings is 3. The van der Waals surface area contributed by atoms with Gasteiger partial charge in [0.25, 0.3) is 0 Å². The van der Waals surface area contributed by atoms with Crippen LogP contribution in [0.5, 0.6) is 0 Å². The molecule has 3 aromatic carbocycles. The van der Waals surface area contributed by atoms with Crippen molar-refractivity contribution >= 4 is 43.7 Å². The van der Waals surface area contributed by atoms with Crippen LogP contribution < -0.4 is 4.57 Å². The molecule has 7 nitrogen and oxygen atoms in total. The van der Waals surface area contributed by atoms with Gasteiger partial charge in [-0.1, -0.05) is 42.0 Å². The monoisotopic (exact) mass is 482 g/mol. The van der Waals surface area contributed by atoms with Crippen LogP contribution >= 0.6 is 0 Å². The van der Waals surface area contributed by atoms with E-state index >= 15 is 0 Å². The van der Waals surface area contributed by atoms with Crippen molar-refractivity contribution in [1.82, 2.24) is 9.97 Å². The minimum Gasteiger partial charge on any atom is -0.744 e. The maximum absolute atomic E-state index is 10.4. The summed E-state index contributed by atoms with van der Waals surface area (Å²) >= 11 is 0. The van der Waals surface area contributed by atoms with E-state index in [1.165, 1.54) is 12.1 Å². The van der Waals surface area contributed by atoms with Crippen LogP contribution in [0.15, 0.2) is 90.0 Å². The van der Waals surface area contributed by atoms with Crippen molar-refractivity contribution in [2.45, 2.75) is 11.8 Å². The number of hydrogen-bond donors (Lipinski definition) is 1. The average Bonchev–Trinajstić information content (AvgIpc) is 3.28. The fraction of sp³-hybridized carbons (Fsp3) is 0.0741. The van der Waals surface area contributed by atoms with Crippen molar-refractivity contribution in [2.75, 3.05) is 0 Å². The fourth-order valence-electron chi connectivity index (χ4n) is 3.61. The lowest BCUT2D eigenvalue weighted by Gasteiger charge is -2.05. The van der Waals surface area contributed by atoms with E-state index in [1.807, 2.05) is 68.7 Å². The number of imidazole rings is 1. The minimum atomic E-state index is -4.27. The predicted octanol–water partition coefficient (Wildman–Crippen LogP) is 4.50. The summed E-state index contributed by atoms with van der Waals surface area (Å²) in [5.41, 5.74) is 5.35. The minimum absolute atomic E-state index is 0.178. The lowest BCUT2D eigenvalue weighted by molar-refractivity contribution is -0.644. The zero-order valence-corrected chi connectivity index (χ0v) is 20.0. The van der Waals surface area contributed by atoms with E-state index in [4.69, 9.17) is 0 Å². The van der Waals surface area contributed by atoms with Gasteiger partial charge in [-0.05, 0) is 48.9 Å². The Kier molecular flexibility index (Phi) is 6.73. The molecule has 0 unspecified atom stereocenters. The summed E-state index contributed by atoms with van der Waals surface area (Å²) in [4.78, 5) is 7.57. The van der Waals surface area contributed by atoms with Crippen molar-refractivity contribution in [3.8, 4) is 6.07 Å². The van der Waals surface area contributed by atoms with Gasteiger partial charge in [-0.2, -0.15) is 5.26 Å². The molecule has 174 valence electrons. The molecule has 0 aliphatic carbocycles. The van der Waals surface area contributed by atoms with E-state index in [-0.39, 0.29) is 4.90 Å². The van der Waals surface area contributed by atoms with Crippen LogP contribution in [0.1, 0.15) is 17.0 Å². The molecule has 0 atom stereocenters. The molecule has 5 rings (SSSR count). The topological polar surface area (TPSA) is 114 Å². The first-order chi connectivity index (χ1) is 16.8. The molecule has 2 aromatic heterocycles. The highest BCUT2D eigenvalue weighted by atomic mass is 32.2. The number of nitrogens with one attached hydrogen (secondary N) is 1. The number of H-pyrrole nitrogens is 1. The molecule has 2 heterocycles. The first-order valence-electron chi connectivity index (χ1n) is 10.7. The molecule has 0 amide bonds. The van der Waals surface area contributed by atoms with Crippen LogP contribution in [-0.2, 0) is 17.2 Å². The number of fused-ring (bicyclic) bond motifs is 2. The van der Waals surface area contributed by atoms with Crippen LogP contribution in [0.3, 0.4) is 0 Å². The van der Waals surface area contributed by atoms with Crippen LogP contribution in [0.2, 0.25) is 0 Å². The van der Waals surface area contributed by atoms with Crippen molar-refractivity contribution in [2.24, 2.45) is 7.05 Å². The number of aryl methyl sites for hydroxylation is 2. The van der Waals surface area contributed by atoms with Gasteiger partial charge in [0, 0.05) is 12.1 Å². The molecular formula is C27H22N4O3S. The van der Waals surface area contributed by atoms with Crippen LogP contribution in [-0.4, -0.2) is 22.9 Å². The van der Waals surface area contributed by atoms with Crippen LogP contribution in [0, 0.1) is 18.3 Å². The van der Waals surface area contributed by atoms with Gasteiger partial charge in [0.2, 0.25) is 5.52 Å². The van der Waals surface area contributed by atoms with Gasteiger partial charge in [0.1, 0.15) is 29.1 Å². The highest BCUT2D eigenvalue weighted by molar-refractivity contribution is 7.85. The molecule has 0 aliphatic heterocycles. The molecule has 5 aromatic rings. The highest BCUT2D eigenvalue weighted by Crippen LogP contribution is 2.22. The summed E-state index contributed by atoms with van der Waals surface area (Å²) in [5.74, 6) is 0.594. The second kappa shape index (κ2) is 9.89. The Morgan fingerprint density at radius 2 is 1.71 bits per heavy atom. The number of aromatic nitrogens is 3. The Morgan fingerprint density at radius 1 is 1.03 bits per heavy atom. The molecule has 1 N–H and O–H groups in total. The fourth-order valence-corrected chi connectivity index (χ4v) is 4.08. The van der Waals surface area contributed by atoms with Gasteiger partial charge >= 0.3 is 0 Å². The van der Waals surface area contributed by atoms with Gasteiger partial charge in [-0.3, -0.25) is 0 Å². The number of para-hydroxylation sites is 3. The lowest BCUT2D eigenvalue weighted by Crippen LogP contribution is -2.28. The van der Waals surface area contributed by atoms with Crippen LogP contribution in [0.25, 0.3) is 33.6 Å². The molecule has 8 heteroatoms. The van der Waals surface area contributed by atoms with Crippen molar-refractivity contribution in [3.05, 3.63) is 102 Å². The Morgan fingerprint density at radius 3 is 2.40 bits per heavy atom. The number of aromatic amines is 1. The smallest absolute Gasteiger partial charge is 0.212 e. The van der Waals surface area contributed by atoms with E-state index in [9.17, 15) is 18.2 Å². The Hall–Kier alpha value is -4.32. The van der Waals surface area contributed by atoms with Crippen LogP contribution in [0.4, 0.5) is 0 Å². The molecule has 0 saturated carbocycles. The normalized spacial score (nSPS) is 11.7. The van der Waals surface area contributed by atoms with E-state index in [0.29, 0.717) is 11.4 Å². The molecular weight excluding hydrogens is 460 g/mol. The first-order valence-corrected chi connectivity index (χ1v) is 12.1. The summed E-state index contributed by atoms with van der Waals surface area (Å²) in [6.45, 7) is 1.82. The van der Waals surface area contributed by atoms with Crippen molar-refractivity contribution in [3.63, 3.8) is 0 Å². The number of nitriles is 1. The molecule has 0 bridgehead atoms. The highest BCUT2D eigenvalue weighted by Gasteiger charge is 2.11. The van der Waals surface area contributed by atoms with Crippen molar-refractivity contribution < 1.29 is 17.5 Å². The number of rotatable bonds is 3. The second-order valence-electron chi connectivity index (χ2n) is 7.94. The van der Waals surface area contributed by atoms with E-state index in [1.54, 1.807) is 12.1 Å². The first kappa shape index (κ1) is 23.8. The van der Waals surface area contributed by atoms with Gasteiger partial charge in [-0.25, -0.2) is 18.0 Å². The molecule has 0 spiro atoms. The third-order valence-corrected chi connectivity index (χ3v) is 6.30. The van der Waals surface area contributed by atoms with E-state index in [0.717, 1.165) is 33.1 Å². The molecule has 35 heavy (non-hydrogen) atoms. The molecule has 0 aliphatic rings. The predicted molar refractivity (Wildman–Crippen MR) is 134 cm³/mol. The number of allylic oxidation sites excluding steroid dienone is 1. The maximum atomic E-state index is 10.4. The third kappa shape index (κ3) is 5.44. The molecule has 0 saturated heterocycles. The zero-order chi connectivity index (χ0) is 25.0. The molecule has 0 radical (unpaired) electrons. The quantitative estimate of drug-likeness (QED) is 0.231. The summed E-state index contributed by atoms with van der Waals surface area (Å²) in [5, 5.41) is 10.7. The SMILES string of the molecule is C[n+]1ccc(/C=C(\C#N)c2nc3ccccc3[nH]2)c2ccccc21.Cc1ccc(S(=O)(=O)[O-])cc1. The third-order valence-electron chi connectivity index (χ3n) is 5.45. The second-order valence-corrected chi connectivity index (χ2v) is 9.32. The lowest BCUT2D eigenvalue weighted by atomic mass is 10.1. The van der Waals surface area contributed by atoms with Gasteiger partial charge in [-0.15, -0.1) is 0 Å². The van der Waals surface area contributed by atoms with Crippen molar-refractivity contribution in [1.29, 1.82) is 5.26 Å². The average molecular weight is 483 g/mol. The Bertz CT molecular complexity index is 1660. The van der Waals surface area contributed by atoms with Gasteiger partial charge in [0.05, 0.1) is 26.9 Å². The van der Waals surface area contributed by atoms with Gasteiger partial charge in [0.15, 0.2) is 6.20 Å². The largest absolute Gasteiger partial charge is 0.744 e. The van der Waals surface area contributed by atoms with Gasteiger partial charge < -0.3 is 9.54 Å². The standard InChI is InChI=1S/C20H14N4.C7H8O3S/c1-24-11-10-14(16-6-2-5-9-19(16)24)12-15(13-21)20-22-17-7-3-4-8-18(17)23-20;1-6-2-4-7(5-3-6)11(8,9)10/h2-12H,1H3;2-5H,1H3,(H,8,9,10). The summed E-state index contributed by atoms with van der Waals surface area (Å²) in [7, 11) is -2.26. The van der Waals surface area contributed by atoms with E-state index < -0.39 is 10.1 Å².